The summed E-state index contributed by atoms with van der Waals surface area (Å²) in [5.74, 6) is -0.332. The fourth-order valence-electron chi connectivity index (χ4n) is 2.29. The van der Waals surface area contributed by atoms with Crippen molar-refractivity contribution in [3.05, 3.63) is 60.2 Å². The second-order valence-corrected chi connectivity index (χ2v) is 4.39. The standard InChI is InChI=1S/C14H14FN5/c1-2-18-14(10-3-4-16-8-12(10)15)11-7-19-20-6-5-17-9-13(11)20/h3-9,14,18H,2H2,1H3. The van der Waals surface area contributed by atoms with E-state index in [4.69, 9.17) is 0 Å². The van der Waals surface area contributed by atoms with E-state index in [1.54, 1.807) is 41.6 Å². The summed E-state index contributed by atoms with van der Waals surface area (Å²) in [6, 6.07) is 1.41. The van der Waals surface area contributed by atoms with Crippen molar-refractivity contribution < 1.29 is 4.39 Å². The van der Waals surface area contributed by atoms with Gasteiger partial charge in [0.15, 0.2) is 0 Å². The highest BCUT2D eigenvalue weighted by atomic mass is 19.1. The van der Waals surface area contributed by atoms with E-state index in [9.17, 15) is 4.39 Å². The molecule has 5 nitrogen and oxygen atoms in total. The second kappa shape index (κ2) is 5.34. The predicted molar refractivity (Wildman–Crippen MR) is 72.7 cm³/mol. The van der Waals surface area contributed by atoms with Crippen LogP contribution in [0.4, 0.5) is 4.39 Å². The van der Waals surface area contributed by atoms with Crippen molar-refractivity contribution in [2.75, 3.05) is 6.54 Å². The quantitative estimate of drug-likeness (QED) is 0.788. The van der Waals surface area contributed by atoms with Crippen LogP contribution < -0.4 is 5.32 Å². The number of rotatable bonds is 4. The number of nitrogens with zero attached hydrogens (tertiary/aromatic N) is 4. The van der Waals surface area contributed by atoms with Crippen LogP contribution in [0.15, 0.2) is 43.2 Å². The first-order chi connectivity index (χ1) is 9.81. The first-order valence-electron chi connectivity index (χ1n) is 6.41. The highest BCUT2D eigenvalue weighted by molar-refractivity contribution is 5.55. The third-order valence-corrected chi connectivity index (χ3v) is 3.19. The zero-order chi connectivity index (χ0) is 13.9. The summed E-state index contributed by atoms with van der Waals surface area (Å²) in [6.07, 6.45) is 9.72. The van der Waals surface area contributed by atoms with Crippen LogP contribution in [0, 0.1) is 5.82 Å². The van der Waals surface area contributed by atoms with E-state index >= 15 is 0 Å². The van der Waals surface area contributed by atoms with Gasteiger partial charge >= 0.3 is 0 Å². The van der Waals surface area contributed by atoms with Gasteiger partial charge in [-0.25, -0.2) is 8.91 Å². The molecule has 3 heterocycles. The molecule has 0 aliphatic rings. The van der Waals surface area contributed by atoms with Gasteiger partial charge in [-0.15, -0.1) is 0 Å². The Balaban J connectivity index is 2.14. The number of hydrogen-bond acceptors (Lipinski definition) is 4. The number of pyridine rings is 1. The summed E-state index contributed by atoms with van der Waals surface area (Å²) in [6.45, 7) is 2.69. The average Bonchev–Trinajstić information content (AvgIpc) is 2.90. The molecule has 0 spiro atoms. The molecular weight excluding hydrogens is 257 g/mol. The van der Waals surface area contributed by atoms with Crippen LogP contribution in [-0.2, 0) is 0 Å². The minimum Gasteiger partial charge on any atom is -0.306 e. The number of fused-ring (bicyclic) bond motifs is 1. The Morgan fingerprint density at radius 2 is 2.05 bits per heavy atom. The van der Waals surface area contributed by atoms with Crippen LogP contribution in [0.5, 0.6) is 0 Å². The molecule has 0 bridgehead atoms. The Morgan fingerprint density at radius 3 is 2.85 bits per heavy atom. The number of hydrogen-bond donors (Lipinski definition) is 1. The third kappa shape index (κ3) is 2.14. The van der Waals surface area contributed by atoms with E-state index in [0.29, 0.717) is 12.1 Å². The molecule has 0 aromatic carbocycles. The molecule has 1 unspecified atom stereocenters. The first kappa shape index (κ1) is 12.7. The van der Waals surface area contributed by atoms with Gasteiger partial charge in [0, 0.05) is 29.7 Å². The fourth-order valence-corrected chi connectivity index (χ4v) is 2.29. The predicted octanol–water partition coefficient (Wildman–Crippen LogP) is 1.96. The van der Waals surface area contributed by atoms with E-state index in [2.05, 4.69) is 20.4 Å². The van der Waals surface area contributed by atoms with E-state index in [-0.39, 0.29) is 11.9 Å². The molecule has 0 saturated heterocycles. The van der Waals surface area contributed by atoms with Crippen LogP contribution >= 0.6 is 0 Å². The fraction of sp³-hybridized carbons (Fsp3) is 0.214. The number of aromatic nitrogens is 4. The van der Waals surface area contributed by atoms with Crippen LogP contribution in [0.3, 0.4) is 0 Å². The summed E-state index contributed by atoms with van der Waals surface area (Å²) in [4.78, 5) is 7.90. The molecule has 6 heteroatoms. The molecule has 1 N–H and O–H groups in total. The van der Waals surface area contributed by atoms with Gasteiger partial charge in [-0.1, -0.05) is 6.92 Å². The lowest BCUT2D eigenvalue weighted by atomic mass is 10.0. The molecule has 0 aliphatic carbocycles. The first-order valence-corrected chi connectivity index (χ1v) is 6.41. The summed E-state index contributed by atoms with van der Waals surface area (Å²) in [7, 11) is 0. The third-order valence-electron chi connectivity index (χ3n) is 3.19. The lowest BCUT2D eigenvalue weighted by molar-refractivity contribution is 0.556. The van der Waals surface area contributed by atoms with Gasteiger partial charge in [0.05, 0.1) is 30.1 Å². The van der Waals surface area contributed by atoms with E-state index in [0.717, 1.165) is 11.1 Å². The SMILES string of the molecule is CCNC(c1ccncc1F)c1cnn2ccncc12. The highest BCUT2D eigenvalue weighted by Crippen LogP contribution is 2.26. The number of halogens is 1. The maximum atomic E-state index is 14.0. The molecule has 102 valence electrons. The van der Waals surface area contributed by atoms with Gasteiger partial charge in [-0.2, -0.15) is 5.10 Å². The maximum absolute atomic E-state index is 14.0. The van der Waals surface area contributed by atoms with Crippen LogP contribution in [0.25, 0.3) is 5.52 Å². The Kier molecular flexibility index (Phi) is 3.39. The van der Waals surface area contributed by atoms with E-state index in [1.165, 1.54) is 6.20 Å². The summed E-state index contributed by atoms with van der Waals surface area (Å²) < 4.78 is 15.7. The van der Waals surface area contributed by atoms with Crippen molar-refractivity contribution in [2.45, 2.75) is 13.0 Å². The Hall–Kier alpha value is -2.34. The molecule has 0 amide bonds. The van der Waals surface area contributed by atoms with Crippen molar-refractivity contribution in [3.8, 4) is 0 Å². The van der Waals surface area contributed by atoms with Gasteiger partial charge in [0.25, 0.3) is 0 Å². The van der Waals surface area contributed by atoms with Crippen LogP contribution in [-0.4, -0.2) is 26.1 Å². The topological polar surface area (TPSA) is 55.1 Å². The van der Waals surface area contributed by atoms with Crippen molar-refractivity contribution in [2.24, 2.45) is 0 Å². The van der Waals surface area contributed by atoms with Crippen molar-refractivity contribution in [1.29, 1.82) is 0 Å². The molecule has 3 rings (SSSR count). The van der Waals surface area contributed by atoms with Gasteiger partial charge in [-0.3, -0.25) is 9.97 Å². The van der Waals surface area contributed by atoms with Gasteiger partial charge in [-0.05, 0) is 12.6 Å². The highest BCUT2D eigenvalue weighted by Gasteiger charge is 2.20. The lowest BCUT2D eigenvalue weighted by Gasteiger charge is -2.17. The second-order valence-electron chi connectivity index (χ2n) is 4.39. The maximum Gasteiger partial charge on any atom is 0.146 e. The zero-order valence-corrected chi connectivity index (χ0v) is 11.0. The molecule has 20 heavy (non-hydrogen) atoms. The van der Waals surface area contributed by atoms with E-state index < -0.39 is 0 Å². The molecule has 0 aliphatic heterocycles. The normalized spacial score (nSPS) is 12.7. The minimum atomic E-state index is -0.332. The molecule has 0 saturated carbocycles. The number of nitrogens with one attached hydrogen (secondary N) is 1. The molecule has 1 atom stereocenters. The van der Waals surface area contributed by atoms with Gasteiger partial charge < -0.3 is 5.32 Å². The summed E-state index contributed by atoms with van der Waals surface area (Å²) in [5, 5.41) is 7.56. The zero-order valence-electron chi connectivity index (χ0n) is 11.0. The molecule has 0 fully saturated rings. The van der Waals surface area contributed by atoms with Gasteiger partial charge in [0.2, 0.25) is 0 Å². The minimum absolute atomic E-state index is 0.273. The van der Waals surface area contributed by atoms with Crippen molar-refractivity contribution in [3.63, 3.8) is 0 Å². The van der Waals surface area contributed by atoms with Gasteiger partial charge in [0.1, 0.15) is 5.82 Å². The van der Waals surface area contributed by atoms with Crippen LogP contribution in [0.2, 0.25) is 0 Å². The molecule has 3 aromatic rings. The summed E-state index contributed by atoms with van der Waals surface area (Å²) >= 11 is 0. The Labute approximate surface area is 115 Å². The largest absolute Gasteiger partial charge is 0.306 e. The average molecular weight is 271 g/mol. The Morgan fingerprint density at radius 1 is 1.20 bits per heavy atom. The van der Waals surface area contributed by atoms with E-state index in [1.807, 2.05) is 6.92 Å². The molecule has 0 radical (unpaired) electrons. The summed E-state index contributed by atoms with van der Waals surface area (Å²) in [5.41, 5.74) is 2.31. The van der Waals surface area contributed by atoms with Crippen molar-refractivity contribution >= 4 is 5.52 Å². The van der Waals surface area contributed by atoms with Crippen LogP contribution in [0.1, 0.15) is 24.1 Å². The monoisotopic (exact) mass is 271 g/mol. The molecule has 3 aromatic heterocycles. The molecular formula is C14H14FN5. The van der Waals surface area contributed by atoms with Crippen molar-refractivity contribution in [1.82, 2.24) is 24.9 Å². The lowest BCUT2D eigenvalue weighted by Crippen LogP contribution is -2.23. The smallest absolute Gasteiger partial charge is 0.146 e. The Bertz CT molecular complexity index is 724.